The average Bonchev–Trinajstić information content (AvgIpc) is 2.78. The first-order valence-electron chi connectivity index (χ1n) is 10.0. The molecule has 1 unspecified atom stereocenters. The van der Waals surface area contributed by atoms with Gasteiger partial charge in [0.25, 0.3) is 0 Å². The maximum atomic E-state index is 12.8. The highest BCUT2D eigenvalue weighted by molar-refractivity contribution is 5.96. The van der Waals surface area contributed by atoms with E-state index in [9.17, 15) is 4.79 Å². The standard InChI is InChI=1S/C23H30N2O4/c1-17(23(26)24-21-15-20(27-2)9-10-22(21)28-3)25-13-11-19(12-14-25)29-16-18-7-5-4-6-8-18/h4-10,15,17,19H,11-14,16H2,1-3H3,(H,24,26). The fraction of sp³-hybridized carbons (Fsp3) is 0.435. The van der Waals surface area contributed by atoms with Gasteiger partial charge in [0.2, 0.25) is 5.91 Å². The lowest BCUT2D eigenvalue weighted by Crippen LogP contribution is -2.47. The normalized spacial score (nSPS) is 16.2. The van der Waals surface area contributed by atoms with Gasteiger partial charge in [-0.25, -0.2) is 0 Å². The molecule has 1 saturated heterocycles. The maximum absolute atomic E-state index is 12.8. The van der Waals surface area contributed by atoms with Gasteiger partial charge < -0.3 is 19.5 Å². The van der Waals surface area contributed by atoms with Gasteiger partial charge in [0.05, 0.1) is 38.7 Å². The lowest BCUT2D eigenvalue weighted by molar-refractivity contribution is -0.122. The van der Waals surface area contributed by atoms with Crippen LogP contribution >= 0.6 is 0 Å². The van der Waals surface area contributed by atoms with E-state index >= 15 is 0 Å². The Labute approximate surface area is 172 Å². The monoisotopic (exact) mass is 398 g/mol. The smallest absolute Gasteiger partial charge is 0.241 e. The van der Waals surface area contributed by atoms with E-state index in [-0.39, 0.29) is 18.1 Å². The number of ether oxygens (including phenoxy) is 3. The van der Waals surface area contributed by atoms with Gasteiger partial charge in [0.1, 0.15) is 11.5 Å². The summed E-state index contributed by atoms with van der Waals surface area (Å²) in [4.78, 5) is 15.0. The summed E-state index contributed by atoms with van der Waals surface area (Å²) < 4.78 is 16.6. The molecule has 2 aromatic rings. The number of likely N-dealkylation sites (tertiary alicyclic amines) is 1. The number of carbonyl (C=O) groups excluding carboxylic acids is 1. The van der Waals surface area contributed by atoms with Crippen molar-refractivity contribution in [3.63, 3.8) is 0 Å². The van der Waals surface area contributed by atoms with Crippen LogP contribution in [0.2, 0.25) is 0 Å². The number of nitrogens with zero attached hydrogens (tertiary/aromatic N) is 1. The van der Waals surface area contributed by atoms with Gasteiger partial charge in [-0.3, -0.25) is 9.69 Å². The minimum atomic E-state index is -0.235. The molecule has 0 radical (unpaired) electrons. The summed E-state index contributed by atoms with van der Waals surface area (Å²) >= 11 is 0. The van der Waals surface area contributed by atoms with Crippen molar-refractivity contribution >= 4 is 11.6 Å². The summed E-state index contributed by atoms with van der Waals surface area (Å²) in [5, 5.41) is 2.97. The third-order valence-corrected chi connectivity index (χ3v) is 5.40. The molecule has 1 aliphatic heterocycles. The predicted molar refractivity (Wildman–Crippen MR) is 113 cm³/mol. The summed E-state index contributed by atoms with van der Waals surface area (Å²) in [5.74, 6) is 1.23. The molecule has 0 bridgehead atoms. The summed E-state index contributed by atoms with van der Waals surface area (Å²) in [6, 6.07) is 15.3. The molecule has 0 spiro atoms. The molecule has 1 heterocycles. The van der Waals surface area contributed by atoms with E-state index in [1.54, 1.807) is 32.4 Å². The number of carbonyl (C=O) groups is 1. The van der Waals surface area contributed by atoms with Crippen molar-refractivity contribution in [1.29, 1.82) is 0 Å². The molecule has 0 aliphatic carbocycles. The number of nitrogens with one attached hydrogen (secondary N) is 1. The molecule has 1 atom stereocenters. The van der Waals surface area contributed by atoms with E-state index in [1.807, 2.05) is 25.1 Å². The van der Waals surface area contributed by atoms with Crippen molar-refractivity contribution in [1.82, 2.24) is 4.90 Å². The van der Waals surface area contributed by atoms with E-state index < -0.39 is 0 Å². The fourth-order valence-electron chi connectivity index (χ4n) is 3.53. The summed E-state index contributed by atoms with van der Waals surface area (Å²) in [5.41, 5.74) is 1.81. The molecule has 1 fully saturated rings. The first-order chi connectivity index (χ1) is 14.1. The fourth-order valence-corrected chi connectivity index (χ4v) is 3.53. The molecule has 2 aromatic carbocycles. The SMILES string of the molecule is COc1ccc(OC)c(NC(=O)C(C)N2CCC(OCc3ccccc3)CC2)c1. The van der Waals surface area contributed by atoms with Crippen molar-refractivity contribution in [3.8, 4) is 11.5 Å². The van der Waals surface area contributed by atoms with Crippen LogP contribution in [0.5, 0.6) is 11.5 Å². The molecule has 1 aliphatic rings. The van der Waals surface area contributed by atoms with Crippen LogP contribution < -0.4 is 14.8 Å². The van der Waals surface area contributed by atoms with Crippen LogP contribution in [0.4, 0.5) is 5.69 Å². The summed E-state index contributed by atoms with van der Waals surface area (Å²) in [7, 11) is 3.18. The van der Waals surface area contributed by atoms with Crippen LogP contribution in [0.15, 0.2) is 48.5 Å². The Kier molecular flexibility index (Phi) is 7.49. The molecule has 6 nitrogen and oxygen atoms in total. The van der Waals surface area contributed by atoms with Crippen LogP contribution in [0.1, 0.15) is 25.3 Å². The summed E-state index contributed by atoms with van der Waals surface area (Å²) in [6.45, 7) is 4.25. The highest BCUT2D eigenvalue weighted by Gasteiger charge is 2.27. The van der Waals surface area contributed by atoms with Crippen molar-refractivity contribution in [2.24, 2.45) is 0 Å². The molecule has 6 heteroatoms. The Morgan fingerprint density at radius 2 is 1.83 bits per heavy atom. The molecule has 0 saturated carbocycles. The van der Waals surface area contributed by atoms with Crippen molar-refractivity contribution < 1.29 is 19.0 Å². The second-order valence-electron chi connectivity index (χ2n) is 7.26. The second-order valence-corrected chi connectivity index (χ2v) is 7.26. The average molecular weight is 399 g/mol. The molecule has 1 N–H and O–H groups in total. The van der Waals surface area contributed by atoms with Gasteiger partial charge in [-0.15, -0.1) is 0 Å². The van der Waals surface area contributed by atoms with Gasteiger partial charge >= 0.3 is 0 Å². The minimum absolute atomic E-state index is 0.0554. The van der Waals surface area contributed by atoms with Gasteiger partial charge in [-0.05, 0) is 37.5 Å². The van der Waals surface area contributed by atoms with Crippen LogP contribution in [0.3, 0.4) is 0 Å². The van der Waals surface area contributed by atoms with Gasteiger partial charge in [0.15, 0.2) is 0 Å². The predicted octanol–water partition coefficient (Wildman–Crippen LogP) is 3.71. The lowest BCUT2D eigenvalue weighted by Gasteiger charge is -2.35. The molecule has 1 amide bonds. The Hall–Kier alpha value is -2.57. The van der Waals surface area contributed by atoms with Crippen molar-refractivity contribution in [3.05, 3.63) is 54.1 Å². The Balaban J connectivity index is 1.50. The van der Waals surface area contributed by atoms with Crippen LogP contribution in [0, 0.1) is 0 Å². The lowest BCUT2D eigenvalue weighted by atomic mass is 10.1. The minimum Gasteiger partial charge on any atom is -0.497 e. The van der Waals surface area contributed by atoms with Crippen molar-refractivity contribution in [2.75, 3.05) is 32.6 Å². The van der Waals surface area contributed by atoms with Gasteiger partial charge in [-0.2, -0.15) is 0 Å². The first-order valence-corrected chi connectivity index (χ1v) is 10.0. The molecular weight excluding hydrogens is 368 g/mol. The zero-order valence-electron chi connectivity index (χ0n) is 17.4. The van der Waals surface area contributed by atoms with Crippen molar-refractivity contribution in [2.45, 2.75) is 38.5 Å². The van der Waals surface area contributed by atoms with E-state index in [4.69, 9.17) is 14.2 Å². The molecular formula is C23H30N2O4. The number of methoxy groups -OCH3 is 2. The van der Waals surface area contributed by atoms with Crippen LogP contribution in [0.25, 0.3) is 0 Å². The maximum Gasteiger partial charge on any atom is 0.241 e. The van der Waals surface area contributed by atoms with Gasteiger partial charge in [0, 0.05) is 19.2 Å². The largest absolute Gasteiger partial charge is 0.497 e. The highest BCUT2D eigenvalue weighted by atomic mass is 16.5. The van der Waals surface area contributed by atoms with Crippen LogP contribution in [-0.4, -0.2) is 50.3 Å². The Morgan fingerprint density at radius 3 is 2.48 bits per heavy atom. The van der Waals surface area contributed by atoms with E-state index in [2.05, 4.69) is 22.3 Å². The molecule has 29 heavy (non-hydrogen) atoms. The van der Waals surface area contributed by atoms with Gasteiger partial charge in [-0.1, -0.05) is 30.3 Å². The first kappa shape index (κ1) is 21.1. The molecule has 0 aromatic heterocycles. The summed E-state index contributed by atoms with van der Waals surface area (Å²) in [6.07, 6.45) is 2.08. The Morgan fingerprint density at radius 1 is 1.10 bits per heavy atom. The van der Waals surface area contributed by atoms with E-state index in [0.29, 0.717) is 23.8 Å². The number of piperidine rings is 1. The number of hydrogen-bond donors (Lipinski definition) is 1. The van der Waals surface area contributed by atoms with Crippen LogP contribution in [-0.2, 0) is 16.1 Å². The molecule has 3 rings (SSSR count). The number of rotatable bonds is 8. The zero-order chi connectivity index (χ0) is 20.6. The number of amides is 1. The zero-order valence-corrected chi connectivity index (χ0v) is 17.4. The Bertz CT molecular complexity index is 789. The third-order valence-electron chi connectivity index (χ3n) is 5.40. The quantitative estimate of drug-likeness (QED) is 0.735. The van der Waals surface area contributed by atoms with E-state index in [0.717, 1.165) is 25.9 Å². The topological polar surface area (TPSA) is 60.0 Å². The highest BCUT2D eigenvalue weighted by Crippen LogP contribution is 2.29. The second kappa shape index (κ2) is 10.3. The van der Waals surface area contributed by atoms with E-state index in [1.165, 1.54) is 5.56 Å². The number of benzene rings is 2. The number of hydrogen-bond acceptors (Lipinski definition) is 5. The number of anilines is 1. The molecule has 156 valence electrons. The third kappa shape index (κ3) is 5.71.